The summed E-state index contributed by atoms with van der Waals surface area (Å²) < 4.78 is 5.55. The largest absolute Gasteiger partial charge is 0.494 e. The fourth-order valence-electron chi connectivity index (χ4n) is 4.34. The first kappa shape index (κ1) is 19.3. The second-order valence-corrected chi connectivity index (χ2v) is 7.79. The zero-order valence-corrected chi connectivity index (χ0v) is 17.5. The maximum Gasteiger partial charge on any atom is 0.252 e. The third-order valence-corrected chi connectivity index (χ3v) is 5.86. The van der Waals surface area contributed by atoms with Crippen LogP contribution in [0.15, 0.2) is 78.9 Å². The number of nitrogens with one attached hydrogen (secondary N) is 1. The second-order valence-electron chi connectivity index (χ2n) is 7.79. The normalized spacial score (nSPS) is 14.9. The van der Waals surface area contributed by atoms with Crippen molar-refractivity contribution in [2.75, 3.05) is 6.61 Å². The molecule has 0 saturated heterocycles. The van der Waals surface area contributed by atoms with Crippen LogP contribution < -0.4 is 10.1 Å². The van der Waals surface area contributed by atoms with Gasteiger partial charge in [0.25, 0.3) is 5.91 Å². The summed E-state index contributed by atoms with van der Waals surface area (Å²) in [6.45, 7) is 2.59. The van der Waals surface area contributed by atoms with E-state index in [9.17, 15) is 4.79 Å². The summed E-state index contributed by atoms with van der Waals surface area (Å²) in [6, 6.07) is 25.9. The van der Waals surface area contributed by atoms with Crippen molar-refractivity contribution in [3.05, 3.63) is 95.6 Å². The van der Waals surface area contributed by atoms with Crippen LogP contribution in [0, 0.1) is 0 Å². The van der Waals surface area contributed by atoms with E-state index in [2.05, 4.69) is 23.5 Å². The summed E-state index contributed by atoms with van der Waals surface area (Å²) >= 11 is 0. The second kappa shape index (κ2) is 8.23. The fourth-order valence-corrected chi connectivity index (χ4v) is 4.34. The average molecular weight is 409 g/mol. The average Bonchev–Trinajstić information content (AvgIpc) is 3.22. The quantitative estimate of drug-likeness (QED) is 0.460. The van der Waals surface area contributed by atoms with Crippen molar-refractivity contribution in [2.24, 2.45) is 0 Å². The Labute approximate surface area is 181 Å². The van der Waals surface area contributed by atoms with E-state index in [1.807, 2.05) is 67.6 Å². The maximum absolute atomic E-state index is 13.4. The summed E-state index contributed by atoms with van der Waals surface area (Å²) in [6.07, 6.45) is 1.93. The van der Waals surface area contributed by atoms with Gasteiger partial charge in [-0.25, -0.2) is 4.98 Å². The van der Waals surface area contributed by atoms with Crippen LogP contribution in [0.5, 0.6) is 5.75 Å². The van der Waals surface area contributed by atoms with Crippen LogP contribution in [0.2, 0.25) is 0 Å². The van der Waals surface area contributed by atoms with Crippen LogP contribution >= 0.6 is 0 Å². The molecular formula is C27H24N2O2. The zero-order chi connectivity index (χ0) is 21.2. The molecule has 1 N–H and O–H groups in total. The third kappa shape index (κ3) is 3.77. The molecular weight excluding hydrogens is 384 g/mol. The molecule has 1 aliphatic rings. The number of carbonyl (C=O) groups is 1. The van der Waals surface area contributed by atoms with Gasteiger partial charge in [-0.1, -0.05) is 42.5 Å². The molecule has 0 aliphatic heterocycles. The molecule has 1 aromatic heterocycles. The van der Waals surface area contributed by atoms with Gasteiger partial charge in [-0.2, -0.15) is 0 Å². The van der Waals surface area contributed by atoms with Gasteiger partial charge in [0.1, 0.15) is 5.75 Å². The lowest BCUT2D eigenvalue weighted by Gasteiger charge is -2.16. The monoisotopic (exact) mass is 408 g/mol. The molecule has 31 heavy (non-hydrogen) atoms. The van der Waals surface area contributed by atoms with Crippen molar-refractivity contribution < 1.29 is 9.53 Å². The number of aromatic nitrogens is 1. The first-order valence-corrected chi connectivity index (χ1v) is 10.7. The predicted octanol–water partition coefficient (Wildman–Crippen LogP) is 5.72. The Kier molecular flexibility index (Phi) is 5.13. The molecule has 154 valence electrons. The van der Waals surface area contributed by atoms with Gasteiger partial charge in [0.2, 0.25) is 0 Å². The molecule has 1 aliphatic carbocycles. The minimum absolute atomic E-state index is 0.0459. The van der Waals surface area contributed by atoms with E-state index in [0.29, 0.717) is 12.2 Å². The number of carbonyl (C=O) groups excluding carboxylic acids is 1. The number of hydrogen-bond donors (Lipinski definition) is 1. The molecule has 0 radical (unpaired) electrons. The van der Waals surface area contributed by atoms with Gasteiger partial charge in [-0.05, 0) is 67.3 Å². The molecule has 1 atom stereocenters. The van der Waals surface area contributed by atoms with Crippen molar-refractivity contribution in [1.82, 2.24) is 10.3 Å². The molecule has 0 unspecified atom stereocenters. The topological polar surface area (TPSA) is 51.2 Å². The number of hydrogen-bond acceptors (Lipinski definition) is 3. The summed E-state index contributed by atoms with van der Waals surface area (Å²) in [5.74, 6) is 0.761. The van der Waals surface area contributed by atoms with Crippen LogP contribution in [0.3, 0.4) is 0 Å². The van der Waals surface area contributed by atoms with Crippen molar-refractivity contribution in [3.63, 3.8) is 0 Å². The highest BCUT2D eigenvalue weighted by molar-refractivity contribution is 6.07. The minimum atomic E-state index is -0.0625. The number of amides is 1. The van der Waals surface area contributed by atoms with Crippen molar-refractivity contribution in [3.8, 4) is 17.0 Å². The standard InChI is InChI=1S/C27H24N2O2/c1-2-31-20-14-11-19(12-15-20)26-17-23(22-9-5-6-10-24(22)28-26)27(30)29-25-16-13-18-7-3-4-8-21(18)25/h3-12,14-15,17,25H,2,13,16H2,1H3,(H,29,30)/t25-/m1/s1. The Morgan fingerprint density at radius 3 is 2.65 bits per heavy atom. The van der Waals surface area contributed by atoms with E-state index >= 15 is 0 Å². The smallest absolute Gasteiger partial charge is 0.252 e. The first-order valence-electron chi connectivity index (χ1n) is 10.7. The number of pyridine rings is 1. The van der Waals surface area contributed by atoms with Gasteiger partial charge in [0.05, 0.1) is 29.4 Å². The highest BCUT2D eigenvalue weighted by atomic mass is 16.5. The van der Waals surface area contributed by atoms with Gasteiger partial charge in [0.15, 0.2) is 0 Å². The molecule has 1 amide bonds. The van der Waals surface area contributed by atoms with Gasteiger partial charge >= 0.3 is 0 Å². The Morgan fingerprint density at radius 1 is 1.03 bits per heavy atom. The zero-order valence-electron chi connectivity index (χ0n) is 17.5. The number of ether oxygens (including phenoxy) is 1. The van der Waals surface area contributed by atoms with E-state index in [0.717, 1.165) is 40.8 Å². The minimum Gasteiger partial charge on any atom is -0.494 e. The van der Waals surface area contributed by atoms with Gasteiger partial charge in [-0.15, -0.1) is 0 Å². The summed E-state index contributed by atoms with van der Waals surface area (Å²) in [4.78, 5) is 18.2. The number of fused-ring (bicyclic) bond motifs is 2. The number of para-hydroxylation sites is 1. The van der Waals surface area contributed by atoms with Crippen molar-refractivity contribution in [2.45, 2.75) is 25.8 Å². The Hall–Kier alpha value is -3.66. The van der Waals surface area contributed by atoms with Crippen LogP contribution in [-0.4, -0.2) is 17.5 Å². The number of nitrogens with zero attached hydrogens (tertiary/aromatic N) is 1. The van der Waals surface area contributed by atoms with E-state index < -0.39 is 0 Å². The van der Waals surface area contributed by atoms with Crippen LogP contribution in [-0.2, 0) is 6.42 Å². The van der Waals surface area contributed by atoms with E-state index in [1.165, 1.54) is 11.1 Å². The lowest BCUT2D eigenvalue weighted by atomic mass is 10.0. The molecule has 0 spiro atoms. The van der Waals surface area contributed by atoms with Gasteiger partial charge < -0.3 is 10.1 Å². The third-order valence-electron chi connectivity index (χ3n) is 5.86. The molecule has 5 rings (SSSR count). The van der Waals surface area contributed by atoms with Crippen LogP contribution in [0.1, 0.15) is 40.9 Å². The van der Waals surface area contributed by atoms with Crippen molar-refractivity contribution >= 4 is 16.8 Å². The summed E-state index contributed by atoms with van der Waals surface area (Å²) in [7, 11) is 0. The lowest BCUT2D eigenvalue weighted by Crippen LogP contribution is -2.27. The highest BCUT2D eigenvalue weighted by Crippen LogP contribution is 2.32. The molecule has 4 heteroatoms. The van der Waals surface area contributed by atoms with E-state index in [4.69, 9.17) is 9.72 Å². The van der Waals surface area contributed by atoms with Crippen molar-refractivity contribution in [1.29, 1.82) is 0 Å². The summed E-state index contributed by atoms with van der Waals surface area (Å²) in [5.41, 5.74) is 5.74. The van der Waals surface area contributed by atoms with Gasteiger partial charge in [0, 0.05) is 10.9 Å². The number of aryl methyl sites for hydroxylation is 1. The lowest BCUT2D eigenvalue weighted by molar-refractivity contribution is 0.0938. The number of benzene rings is 3. The Balaban J connectivity index is 1.51. The Bertz CT molecular complexity index is 1250. The van der Waals surface area contributed by atoms with Gasteiger partial charge in [-0.3, -0.25) is 4.79 Å². The molecule has 4 nitrogen and oxygen atoms in total. The van der Waals surface area contributed by atoms with Crippen LogP contribution in [0.25, 0.3) is 22.2 Å². The number of rotatable bonds is 5. The highest BCUT2D eigenvalue weighted by Gasteiger charge is 2.25. The molecule has 0 saturated carbocycles. The molecule has 0 bridgehead atoms. The van der Waals surface area contributed by atoms with Crippen LogP contribution in [0.4, 0.5) is 0 Å². The fraction of sp³-hybridized carbons (Fsp3) is 0.185. The van der Waals surface area contributed by atoms with E-state index in [1.54, 1.807) is 0 Å². The molecule has 1 heterocycles. The molecule has 0 fully saturated rings. The predicted molar refractivity (Wildman–Crippen MR) is 123 cm³/mol. The summed E-state index contributed by atoms with van der Waals surface area (Å²) in [5, 5.41) is 4.12. The molecule has 3 aromatic carbocycles. The molecule has 4 aromatic rings. The SMILES string of the molecule is CCOc1ccc(-c2cc(C(=O)N[C@@H]3CCc4ccccc43)c3ccccc3n2)cc1. The van der Waals surface area contributed by atoms with E-state index in [-0.39, 0.29) is 11.9 Å². The Morgan fingerprint density at radius 2 is 1.81 bits per heavy atom. The maximum atomic E-state index is 13.4. The first-order chi connectivity index (χ1) is 15.2.